The maximum Gasteiger partial charge on any atom is 0.282 e. The molecule has 22 heavy (non-hydrogen) atoms. The van der Waals surface area contributed by atoms with E-state index >= 15 is 0 Å². The van der Waals surface area contributed by atoms with E-state index in [0.717, 1.165) is 4.90 Å². The van der Waals surface area contributed by atoms with Crippen LogP contribution < -0.4 is 15.5 Å². The molecule has 0 aromatic heterocycles. The van der Waals surface area contributed by atoms with Crippen LogP contribution in [0, 0.1) is 0 Å². The van der Waals surface area contributed by atoms with Crippen molar-refractivity contribution in [2.75, 3.05) is 18.9 Å². The summed E-state index contributed by atoms with van der Waals surface area (Å²) < 4.78 is 0. The van der Waals surface area contributed by atoms with Gasteiger partial charge in [0, 0.05) is 11.1 Å². The Morgan fingerprint density at radius 2 is 1.86 bits per heavy atom. The molecular formula is C15H22Cl2N3O2+. The number of hydrogen-bond acceptors (Lipinski definition) is 2. The van der Waals surface area contributed by atoms with Gasteiger partial charge in [-0.25, -0.2) is 0 Å². The van der Waals surface area contributed by atoms with E-state index in [0.29, 0.717) is 15.7 Å². The van der Waals surface area contributed by atoms with E-state index in [4.69, 9.17) is 23.2 Å². The molecule has 1 unspecified atom stereocenters. The first-order chi connectivity index (χ1) is 10.2. The molecule has 0 saturated heterocycles. The van der Waals surface area contributed by atoms with E-state index in [1.54, 1.807) is 32.2 Å². The molecule has 0 fully saturated rings. The number of quaternary nitrogens is 1. The summed E-state index contributed by atoms with van der Waals surface area (Å²) in [4.78, 5) is 24.8. The van der Waals surface area contributed by atoms with Crippen LogP contribution in [0.25, 0.3) is 0 Å². The zero-order valence-electron chi connectivity index (χ0n) is 13.2. The van der Waals surface area contributed by atoms with Crippen molar-refractivity contribution in [2.24, 2.45) is 0 Å². The number of benzene rings is 1. The second-order valence-electron chi connectivity index (χ2n) is 5.58. The van der Waals surface area contributed by atoms with Gasteiger partial charge in [-0.15, -0.1) is 0 Å². The molecule has 2 amide bonds. The molecule has 3 N–H and O–H groups in total. The van der Waals surface area contributed by atoms with E-state index in [2.05, 4.69) is 10.6 Å². The van der Waals surface area contributed by atoms with Gasteiger partial charge in [-0.1, -0.05) is 23.2 Å². The van der Waals surface area contributed by atoms with Gasteiger partial charge in [0.1, 0.15) is 0 Å². The maximum atomic E-state index is 12.2. The second kappa shape index (κ2) is 8.36. The summed E-state index contributed by atoms with van der Waals surface area (Å²) in [5, 5.41) is 6.44. The monoisotopic (exact) mass is 346 g/mol. The minimum Gasteiger partial charge on any atom is -0.349 e. The molecule has 0 saturated carbocycles. The highest BCUT2D eigenvalue weighted by atomic mass is 35.5. The second-order valence-corrected chi connectivity index (χ2v) is 6.42. The van der Waals surface area contributed by atoms with Crippen molar-refractivity contribution < 1.29 is 14.5 Å². The van der Waals surface area contributed by atoms with Crippen LogP contribution in [0.4, 0.5) is 5.69 Å². The number of likely N-dealkylation sites (N-methyl/N-ethyl adjacent to an activating group) is 1. The Labute approximate surface area is 141 Å². The quantitative estimate of drug-likeness (QED) is 0.728. The van der Waals surface area contributed by atoms with Gasteiger partial charge in [-0.2, -0.15) is 0 Å². The fourth-order valence-electron chi connectivity index (χ4n) is 1.83. The molecule has 0 aliphatic carbocycles. The van der Waals surface area contributed by atoms with E-state index in [1.807, 2.05) is 13.8 Å². The predicted molar refractivity (Wildman–Crippen MR) is 89.6 cm³/mol. The lowest BCUT2D eigenvalue weighted by Gasteiger charge is -2.21. The SMILES string of the molecule is CC(C)NC(=O)C[NH+](C)[C@H](C)C(=O)Nc1ccc(Cl)cc1Cl. The van der Waals surface area contributed by atoms with Gasteiger partial charge >= 0.3 is 0 Å². The number of carbonyl (C=O) groups excluding carboxylic acids is 2. The maximum absolute atomic E-state index is 12.2. The average molecular weight is 347 g/mol. The highest BCUT2D eigenvalue weighted by molar-refractivity contribution is 6.36. The van der Waals surface area contributed by atoms with Crippen LogP contribution in [0.5, 0.6) is 0 Å². The summed E-state index contributed by atoms with van der Waals surface area (Å²) >= 11 is 11.8. The Hall–Kier alpha value is -1.30. The lowest BCUT2D eigenvalue weighted by atomic mass is 10.2. The van der Waals surface area contributed by atoms with Gasteiger partial charge in [0.05, 0.1) is 17.8 Å². The van der Waals surface area contributed by atoms with Crippen LogP contribution in [0.1, 0.15) is 20.8 Å². The van der Waals surface area contributed by atoms with Gasteiger partial charge in [0.25, 0.3) is 11.8 Å². The molecule has 1 rings (SSSR count). The molecule has 7 heteroatoms. The number of anilines is 1. The molecular weight excluding hydrogens is 325 g/mol. The first kappa shape index (κ1) is 18.7. The Morgan fingerprint density at radius 1 is 1.23 bits per heavy atom. The third kappa shape index (κ3) is 5.83. The molecule has 0 spiro atoms. The molecule has 1 aromatic carbocycles. The highest BCUT2D eigenvalue weighted by Gasteiger charge is 2.24. The molecule has 122 valence electrons. The number of hydrogen-bond donors (Lipinski definition) is 3. The standard InChI is InChI=1S/C15H21Cl2N3O2/c1-9(2)18-14(21)8-20(4)10(3)15(22)19-13-6-5-11(16)7-12(13)17/h5-7,9-10H,8H2,1-4H3,(H,18,21)(H,19,22)/p+1/t10-/m1/s1. The number of nitrogens with one attached hydrogen (secondary N) is 3. The third-order valence-corrected chi connectivity index (χ3v) is 3.76. The van der Waals surface area contributed by atoms with Crippen LogP contribution in [0.15, 0.2) is 18.2 Å². The van der Waals surface area contributed by atoms with Crippen molar-refractivity contribution in [3.63, 3.8) is 0 Å². The third-order valence-electron chi connectivity index (χ3n) is 3.21. The summed E-state index contributed by atoms with van der Waals surface area (Å²) in [6, 6.07) is 4.55. The zero-order chi connectivity index (χ0) is 16.9. The van der Waals surface area contributed by atoms with Crippen molar-refractivity contribution in [2.45, 2.75) is 32.9 Å². The molecule has 5 nitrogen and oxygen atoms in total. The van der Waals surface area contributed by atoms with Gasteiger partial charge in [0.15, 0.2) is 12.6 Å². The molecule has 0 radical (unpaired) electrons. The minimum absolute atomic E-state index is 0.0808. The van der Waals surface area contributed by atoms with Crippen molar-refractivity contribution in [1.29, 1.82) is 0 Å². The largest absolute Gasteiger partial charge is 0.349 e. The smallest absolute Gasteiger partial charge is 0.282 e. The summed E-state index contributed by atoms with van der Waals surface area (Å²) in [6.07, 6.45) is 0. The van der Waals surface area contributed by atoms with E-state index in [9.17, 15) is 9.59 Å². The number of halogens is 2. The van der Waals surface area contributed by atoms with Crippen molar-refractivity contribution in [3.8, 4) is 0 Å². The molecule has 0 aliphatic rings. The average Bonchev–Trinajstić information content (AvgIpc) is 2.39. The highest BCUT2D eigenvalue weighted by Crippen LogP contribution is 2.25. The van der Waals surface area contributed by atoms with Gasteiger partial charge < -0.3 is 15.5 Å². The van der Waals surface area contributed by atoms with Crippen molar-refractivity contribution >= 4 is 40.7 Å². The predicted octanol–water partition coefficient (Wildman–Crippen LogP) is 1.36. The topological polar surface area (TPSA) is 62.6 Å². The van der Waals surface area contributed by atoms with E-state index in [1.165, 1.54) is 0 Å². The Bertz CT molecular complexity index is 550. The Kier molecular flexibility index (Phi) is 7.13. The van der Waals surface area contributed by atoms with Gasteiger partial charge in [0.2, 0.25) is 0 Å². The molecule has 0 bridgehead atoms. The van der Waals surface area contributed by atoms with Crippen molar-refractivity contribution in [1.82, 2.24) is 5.32 Å². The summed E-state index contributed by atoms with van der Waals surface area (Å²) in [5.41, 5.74) is 0.502. The fourth-order valence-corrected chi connectivity index (χ4v) is 2.29. The lowest BCUT2D eigenvalue weighted by Crippen LogP contribution is -3.15. The zero-order valence-corrected chi connectivity index (χ0v) is 14.7. The summed E-state index contributed by atoms with van der Waals surface area (Å²) in [5.74, 6) is -0.296. The molecule has 1 aromatic rings. The van der Waals surface area contributed by atoms with Crippen molar-refractivity contribution in [3.05, 3.63) is 28.2 Å². The fraction of sp³-hybridized carbons (Fsp3) is 0.467. The first-order valence-electron chi connectivity index (χ1n) is 7.08. The summed E-state index contributed by atoms with van der Waals surface area (Å²) in [7, 11) is 1.80. The van der Waals surface area contributed by atoms with Crippen LogP contribution >= 0.6 is 23.2 Å². The van der Waals surface area contributed by atoms with Crippen LogP contribution in [-0.4, -0.2) is 37.5 Å². The lowest BCUT2D eigenvalue weighted by molar-refractivity contribution is -0.885. The number of carbonyl (C=O) groups is 2. The van der Waals surface area contributed by atoms with E-state index in [-0.39, 0.29) is 24.4 Å². The number of amides is 2. The van der Waals surface area contributed by atoms with Crippen LogP contribution in [0.2, 0.25) is 10.0 Å². The summed E-state index contributed by atoms with van der Waals surface area (Å²) in [6.45, 7) is 5.77. The van der Waals surface area contributed by atoms with E-state index < -0.39 is 6.04 Å². The van der Waals surface area contributed by atoms with Gasteiger partial charge in [-0.3, -0.25) is 9.59 Å². The van der Waals surface area contributed by atoms with Gasteiger partial charge in [-0.05, 0) is 39.0 Å². The van der Waals surface area contributed by atoms with Crippen LogP contribution in [-0.2, 0) is 9.59 Å². The molecule has 2 atom stereocenters. The Morgan fingerprint density at radius 3 is 2.41 bits per heavy atom. The van der Waals surface area contributed by atoms with Crippen LogP contribution in [0.3, 0.4) is 0 Å². The Balaban J connectivity index is 2.62. The normalized spacial score (nSPS) is 13.6. The molecule has 0 aliphatic heterocycles. The number of rotatable bonds is 6. The minimum atomic E-state index is -0.398. The first-order valence-corrected chi connectivity index (χ1v) is 7.84. The molecule has 0 heterocycles.